The normalized spacial score (nSPS) is 15.2. The second-order valence-electron chi connectivity index (χ2n) is 5.77. The number of morpholine rings is 1. The van der Waals surface area contributed by atoms with Crippen molar-refractivity contribution in [1.82, 2.24) is 10.3 Å². The van der Waals surface area contributed by atoms with Crippen LogP contribution in [0.3, 0.4) is 0 Å². The predicted molar refractivity (Wildman–Crippen MR) is 95.7 cm³/mol. The van der Waals surface area contributed by atoms with Crippen LogP contribution < -0.4 is 10.2 Å². The third-order valence-corrected chi connectivity index (χ3v) is 3.78. The number of carbonyl (C=O) groups is 2. The van der Waals surface area contributed by atoms with E-state index in [-0.39, 0.29) is 19.1 Å². The number of pyridine rings is 1. The zero-order valence-electron chi connectivity index (χ0n) is 15.0. The molecule has 0 bridgehead atoms. The third kappa shape index (κ3) is 6.45. The minimum Gasteiger partial charge on any atom is -0.454 e. The average Bonchev–Trinajstić information content (AvgIpc) is 2.69. The summed E-state index contributed by atoms with van der Waals surface area (Å²) >= 11 is 0. The summed E-state index contributed by atoms with van der Waals surface area (Å²) in [6, 6.07) is 3.83. The minimum atomic E-state index is -0.738. The van der Waals surface area contributed by atoms with Crippen molar-refractivity contribution in [1.29, 1.82) is 0 Å². The summed E-state index contributed by atoms with van der Waals surface area (Å²) < 4.78 is 15.4. The number of hydrogen-bond acceptors (Lipinski definition) is 7. The van der Waals surface area contributed by atoms with Crippen molar-refractivity contribution in [2.75, 3.05) is 44.4 Å². The van der Waals surface area contributed by atoms with E-state index in [4.69, 9.17) is 14.2 Å². The minimum absolute atomic E-state index is 0.246. The van der Waals surface area contributed by atoms with Gasteiger partial charge in [-0.1, -0.05) is 12.1 Å². The van der Waals surface area contributed by atoms with Crippen LogP contribution in [0.15, 0.2) is 31.0 Å². The summed E-state index contributed by atoms with van der Waals surface area (Å²) in [6.07, 6.45) is 2.52. The number of nitrogens with one attached hydrogen (secondary N) is 1. The highest BCUT2D eigenvalue weighted by molar-refractivity contribution is 5.81. The molecule has 1 unspecified atom stereocenters. The van der Waals surface area contributed by atoms with Gasteiger partial charge in [-0.15, -0.1) is 6.58 Å². The molecular formula is C18H25N3O5. The van der Waals surface area contributed by atoms with Gasteiger partial charge in [-0.2, -0.15) is 0 Å². The van der Waals surface area contributed by atoms with E-state index in [9.17, 15) is 9.59 Å². The number of esters is 1. The Morgan fingerprint density at radius 2 is 2.19 bits per heavy atom. The molecule has 1 aliphatic rings. The lowest BCUT2D eigenvalue weighted by atomic mass is 10.2. The van der Waals surface area contributed by atoms with Gasteiger partial charge in [0.25, 0.3) is 5.91 Å². The van der Waals surface area contributed by atoms with Crippen molar-refractivity contribution in [2.45, 2.75) is 19.6 Å². The van der Waals surface area contributed by atoms with Gasteiger partial charge in [0.2, 0.25) is 0 Å². The maximum atomic E-state index is 11.8. The fourth-order valence-corrected chi connectivity index (χ4v) is 2.29. The lowest BCUT2D eigenvalue weighted by molar-refractivity contribution is -0.158. The Morgan fingerprint density at radius 1 is 1.42 bits per heavy atom. The maximum Gasteiger partial charge on any atom is 0.335 e. The quantitative estimate of drug-likeness (QED) is 0.509. The van der Waals surface area contributed by atoms with Crippen molar-refractivity contribution in [3.05, 3.63) is 36.5 Å². The number of ether oxygens (including phenoxy) is 3. The molecule has 142 valence electrons. The Hall–Kier alpha value is -2.45. The molecule has 0 saturated carbocycles. The summed E-state index contributed by atoms with van der Waals surface area (Å²) in [5.41, 5.74) is 0.865. The van der Waals surface area contributed by atoms with Gasteiger partial charge in [0.05, 0.1) is 19.8 Å². The van der Waals surface area contributed by atoms with E-state index < -0.39 is 12.1 Å². The number of anilines is 1. The molecule has 0 spiro atoms. The first-order valence-electron chi connectivity index (χ1n) is 8.53. The van der Waals surface area contributed by atoms with Crippen LogP contribution >= 0.6 is 0 Å². The van der Waals surface area contributed by atoms with Crippen molar-refractivity contribution in [2.24, 2.45) is 0 Å². The fraction of sp³-hybridized carbons (Fsp3) is 0.500. The first-order chi connectivity index (χ1) is 12.6. The highest BCUT2D eigenvalue weighted by atomic mass is 16.6. The van der Waals surface area contributed by atoms with Gasteiger partial charge in [-0.25, -0.2) is 9.78 Å². The molecular weight excluding hydrogens is 338 g/mol. The summed E-state index contributed by atoms with van der Waals surface area (Å²) in [6.45, 7) is 8.32. The molecule has 1 aliphatic heterocycles. The third-order valence-electron chi connectivity index (χ3n) is 3.78. The van der Waals surface area contributed by atoms with E-state index in [0.717, 1.165) is 24.5 Å². The van der Waals surface area contributed by atoms with E-state index in [0.29, 0.717) is 19.8 Å². The molecule has 1 aromatic rings. The molecule has 0 aliphatic carbocycles. The van der Waals surface area contributed by atoms with Gasteiger partial charge < -0.3 is 24.4 Å². The molecule has 0 aromatic carbocycles. The second-order valence-corrected chi connectivity index (χ2v) is 5.77. The SMILES string of the molecule is C=CCOC(C)C(=O)OCC(=O)NCc1ccc(N2CCOCC2)nc1. The highest BCUT2D eigenvalue weighted by Crippen LogP contribution is 2.12. The first kappa shape index (κ1) is 19.9. The van der Waals surface area contributed by atoms with Gasteiger partial charge in [-0.3, -0.25) is 4.79 Å². The number of rotatable bonds is 9. The van der Waals surface area contributed by atoms with Crippen molar-refractivity contribution in [3.63, 3.8) is 0 Å². The van der Waals surface area contributed by atoms with Crippen LogP contribution in [0.2, 0.25) is 0 Å². The predicted octanol–water partition coefficient (Wildman–Crippen LogP) is 0.669. The van der Waals surface area contributed by atoms with E-state index in [1.807, 2.05) is 12.1 Å². The summed E-state index contributed by atoms with van der Waals surface area (Å²) in [5, 5.41) is 2.69. The number of hydrogen-bond donors (Lipinski definition) is 1. The lowest BCUT2D eigenvalue weighted by Gasteiger charge is -2.27. The van der Waals surface area contributed by atoms with Gasteiger partial charge >= 0.3 is 5.97 Å². The Morgan fingerprint density at radius 3 is 2.85 bits per heavy atom. The summed E-state index contributed by atoms with van der Waals surface area (Å²) in [5.74, 6) is -0.0733. The van der Waals surface area contributed by atoms with Crippen LogP contribution in [0.5, 0.6) is 0 Å². The van der Waals surface area contributed by atoms with Gasteiger partial charge in [0.1, 0.15) is 5.82 Å². The highest BCUT2D eigenvalue weighted by Gasteiger charge is 2.16. The number of carbonyl (C=O) groups excluding carboxylic acids is 2. The largest absolute Gasteiger partial charge is 0.454 e. The Labute approximate surface area is 153 Å². The molecule has 8 heteroatoms. The standard InChI is InChI=1S/C18H25N3O5/c1-3-8-25-14(2)18(23)26-13-17(22)20-12-15-4-5-16(19-11-15)21-6-9-24-10-7-21/h3-5,11,14H,1,6-10,12-13H2,2H3,(H,20,22). The zero-order valence-corrected chi connectivity index (χ0v) is 15.0. The van der Waals surface area contributed by atoms with Crippen molar-refractivity contribution >= 4 is 17.7 Å². The summed E-state index contributed by atoms with van der Waals surface area (Å²) in [4.78, 5) is 30.0. The molecule has 0 radical (unpaired) electrons. The molecule has 26 heavy (non-hydrogen) atoms. The van der Waals surface area contributed by atoms with Crippen molar-refractivity contribution in [3.8, 4) is 0 Å². The molecule has 1 atom stereocenters. The zero-order chi connectivity index (χ0) is 18.8. The van der Waals surface area contributed by atoms with E-state index in [1.165, 1.54) is 6.08 Å². The van der Waals surface area contributed by atoms with Crippen LogP contribution in [0.4, 0.5) is 5.82 Å². The van der Waals surface area contributed by atoms with Crippen LogP contribution in [-0.2, 0) is 30.3 Å². The summed E-state index contributed by atoms with van der Waals surface area (Å²) in [7, 11) is 0. The number of aromatic nitrogens is 1. The number of nitrogens with zero attached hydrogens (tertiary/aromatic N) is 2. The average molecular weight is 363 g/mol. The Bertz CT molecular complexity index is 599. The Kier molecular flexibility index (Phi) is 8.04. The molecule has 2 heterocycles. The van der Waals surface area contributed by atoms with Gasteiger partial charge in [0, 0.05) is 25.8 Å². The van der Waals surface area contributed by atoms with Gasteiger partial charge in [0.15, 0.2) is 12.7 Å². The molecule has 1 aromatic heterocycles. The van der Waals surface area contributed by atoms with Gasteiger partial charge in [-0.05, 0) is 18.6 Å². The molecule has 1 saturated heterocycles. The Balaban J connectivity index is 1.70. The number of amides is 1. The molecule has 1 fully saturated rings. The van der Waals surface area contributed by atoms with Crippen LogP contribution in [0.25, 0.3) is 0 Å². The van der Waals surface area contributed by atoms with E-state index in [2.05, 4.69) is 21.8 Å². The van der Waals surface area contributed by atoms with Crippen molar-refractivity contribution < 1.29 is 23.8 Å². The molecule has 8 nitrogen and oxygen atoms in total. The maximum absolute atomic E-state index is 11.8. The van der Waals surface area contributed by atoms with E-state index >= 15 is 0 Å². The molecule has 1 N–H and O–H groups in total. The monoisotopic (exact) mass is 363 g/mol. The van der Waals surface area contributed by atoms with Crippen LogP contribution in [-0.4, -0.2) is 62.5 Å². The van der Waals surface area contributed by atoms with Crippen LogP contribution in [0, 0.1) is 0 Å². The lowest BCUT2D eigenvalue weighted by Crippen LogP contribution is -2.36. The second kappa shape index (κ2) is 10.5. The fourth-order valence-electron chi connectivity index (χ4n) is 2.29. The molecule has 1 amide bonds. The van der Waals surface area contributed by atoms with Crippen LogP contribution in [0.1, 0.15) is 12.5 Å². The van der Waals surface area contributed by atoms with E-state index in [1.54, 1.807) is 13.1 Å². The molecule has 2 rings (SSSR count). The first-order valence-corrected chi connectivity index (χ1v) is 8.53. The topological polar surface area (TPSA) is 90.0 Å². The smallest absolute Gasteiger partial charge is 0.335 e.